The molecule has 1 aliphatic rings. The van der Waals surface area contributed by atoms with Crippen molar-refractivity contribution >= 4 is 23.3 Å². The molecule has 1 aromatic heterocycles. The molecule has 2 heterocycles. The molecule has 27 heavy (non-hydrogen) atoms. The summed E-state index contributed by atoms with van der Waals surface area (Å²) in [5.41, 5.74) is 2.60. The number of carbonyl (C=O) groups is 2. The van der Waals surface area contributed by atoms with Crippen LogP contribution in [-0.4, -0.2) is 41.5 Å². The van der Waals surface area contributed by atoms with E-state index < -0.39 is 0 Å². The van der Waals surface area contributed by atoms with Crippen LogP contribution < -0.4 is 5.32 Å². The number of nitrogens with one attached hydrogen (secondary N) is 1. The average Bonchev–Trinajstić information content (AvgIpc) is 2.98. The van der Waals surface area contributed by atoms with Crippen LogP contribution in [0, 0.1) is 0 Å². The SMILES string of the molecule is CCOC(=O)c1ccc(Nc2ccc(C(=O)N3CCCCCC3)nc2)cc1. The van der Waals surface area contributed by atoms with E-state index in [0.29, 0.717) is 17.9 Å². The maximum atomic E-state index is 12.6. The van der Waals surface area contributed by atoms with E-state index in [1.165, 1.54) is 12.8 Å². The van der Waals surface area contributed by atoms with E-state index in [4.69, 9.17) is 4.74 Å². The number of esters is 1. The lowest BCUT2D eigenvalue weighted by Gasteiger charge is -2.19. The molecule has 6 heteroatoms. The summed E-state index contributed by atoms with van der Waals surface area (Å²) in [5, 5.41) is 3.22. The van der Waals surface area contributed by atoms with Gasteiger partial charge in [-0.2, -0.15) is 0 Å². The Morgan fingerprint density at radius 3 is 2.26 bits per heavy atom. The molecule has 0 unspecified atom stereocenters. The van der Waals surface area contributed by atoms with E-state index in [9.17, 15) is 9.59 Å². The molecule has 1 aromatic carbocycles. The molecule has 1 amide bonds. The lowest BCUT2D eigenvalue weighted by atomic mass is 10.2. The number of aromatic nitrogens is 1. The Balaban J connectivity index is 1.61. The zero-order chi connectivity index (χ0) is 19.1. The molecule has 0 radical (unpaired) electrons. The van der Waals surface area contributed by atoms with Crippen LogP contribution >= 0.6 is 0 Å². The van der Waals surface area contributed by atoms with Crippen LogP contribution in [0.25, 0.3) is 0 Å². The second-order valence-electron chi connectivity index (χ2n) is 6.56. The number of anilines is 2. The van der Waals surface area contributed by atoms with Gasteiger partial charge in [-0.05, 0) is 56.2 Å². The summed E-state index contributed by atoms with van der Waals surface area (Å²) in [6.07, 6.45) is 6.16. The topological polar surface area (TPSA) is 71.5 Å². The van der Waals surface area contributed by atoms with E-state index in [0.717, 1.165) is 37.3 Å². The van der Waals surface area contributed by atoms with Gasteiger partial charge in [0, 0.05) is 18.8 Å². The first-order valence-corrected chi connectivity index (χ1v) is 9.47. The maximum absolute atomic E-state index is 12.6. The van der Waals surface area contributed by atoms with Gasteiger partial charge in [0.2, 0.25) is 0 Å². The zero-order valence-electron chi connectivity index (χ0n) is 15.6. The molecule has 1 saturated heterocycles. The van der Waals surface area contributed by atoms with Crippen LogP contribution in [-0.2, 0) is 4.74 Å². The number of hydrogen-bond acceptors (Lipinski definition) is 5. The lowest BCUT2D eigenvalue weighted by Crippen LogP contribution is -2.32. The molecule has 6 nitrogen and oxygen atoms in total. The van der Waals surface area contributed by atoms with E-state index in [-0.39, 0.29) is 11.9 Å². The van der Waals surface area contributed by atoms with Gasteiger partial charge in [0.05, 0.1) is 24.1 Å². The number of pyridine rings is 1. The van der Waals surface area contributed by atoms with Gasteiger partial charge < -0.3 is 15.0 Å². The number of benzene rings is 1. The fourth-order valence-electron chi connectivity index (χ4n) is 3.10. The summed E-state index contributed by atoms with van der Waals surface area (Å²) in [6, 6.07) is 10.6. The first-order chi connectivity index (χ1) is 13.2. The highest BCUT2D eigenvalue weighted by molar-refractivity contribution is 5.92. The van der Waals surface area contributed by atoms with Crippen molar-refractivity contribution in [3.63, 3.8) is 0 Å². The number of ether oxygens (including phenoxy) is 1. The van der Waals surface area contributed by atoms with E-state index in [1.807, 2.05) is 23.1 Å². The predicted octanol–water partition coefficient (Wildman–Crippen LogP) is 4.02. The van der Waals surface area contributed by atoms with Gasteiger partial charge in [-0.25, -0.2) is 9.78 Å². The Kier molecular flexibility index (Phi) is 6.41. The summed E-state index contributed by atoms with van der Waals surface area (Å²) in [6.45, 7) is 3.76. The third-order valence-corrected chi connectivity index (χ3v) is 4.56. The van der Waals surface area contributed by atoms with Crippen molar-refractivity contribution in [3.8, 4) is 0 Å². The normalized spacial score (nSPS) is 14.3. The first-order valence-electron chi connectivity index (χ1n) is 9.47. The van der Waals surface area contributed by atoms with Crippen LogP contribution in [0.5, 0.6) is 0 Å². The lowest BCUT2D eigenvalue weighted by molar-refractivity contribution is 0.0526. The molecule has 1 N–H and O–H groups in total. The summed E-state index contributed by atoms with van der Waals surface area (Å²) >= 11 is 0. The van der Waals surface area contributed by atoms with Crippen molar-refractivity contribution in [2.75, 3.05) is 25.0 Å². The molecule has 0 aliphatic carbocycles. The molecular weight excluding hydrogens is 342 g/mol. The highest BCUT2D eigenvalue weighted by atomic mass is 16.5. The summed E-state index contributed by atoms with van der Waals surface area (Å²) in [5.74, 6) is -0.329. The standard InChI is InChI=1S/C21H25N3O3/c1-2-27-21(26)16-7-9-17(10-8-16)23-18-11-12-19(22-15-18)20(25)24-13-5-3-4-6-14-24/h7-12,15,23H,2-6,13-14H2,1H3. The average molecular weight is 367 g/mol. The summed E-state index contributed by atoms with van der Waals surface area (Å²) in [4.78, 5) is 30.5. The molecule has 3 rings (SSSR count). The van der Waals surface area contributed by atoms with E-state index >= 15 is 0 Å². The van der Waals surface area contributed by atoms with E-state index in [2.05, 4.69) is 10.3 Å². The predicted molar refractivity (Wildman–Crippen MR) is 104 cm³/mol. The van der Waals surface area contributed by atoms with Crippen molar-refractivity contribution in [2.45, 2.75) is 32.6 Å². The minimum absolute atomic E-state index is 0.00207. The van der Waals surface area contributed by atoms with Gasteiger partial charge in [0.15, 0.2) is 0 Å². The second kappa shape index (κ2) is 9.16. The van der Waals surface area contributed by atoms with Crippen LogP contribution in [0.2, 0.25) is 0 Å². The molecule has 0 saturated carbocycles. The van der Waals surface area contributed by atoms with Gasteiger partial charge in [0.25, 0.3) is 5.91 Å². The number of amides is 1. The summed E-state index contributed by atoms with van der Waals surface area (Å²) < 4.78 is 4.97. The Morgan fingerprint density at radius 1 is 1.00 bits per heavy atom. The minimum atomic E-state index is -0.331. The Bertz CT molecular complexity index is 764. The fraction of sp³-hybridized carbons (Fsp3) is 0.381. The third kappa shape index (κ3) is 5.06. The van der Waals surface area contributed by atoms with Gasteiger partial charge >= 0.3 is 5.97 Å². The molecule has 0 spiro atoms. The molecule has 0 bridgehead atoms. The van der Waals surface area contributed by atoms with Crippen molar-refractivity contribution in [1.82, 2.24) is 9.88 Å². The number of carbonyl (C=O) groups excluding carboxylic acids is 2. The van der Waals surface area contributed by atoms with Gasteiger partial charge in [-0.15, -0.1) is 0 Å². The maximum Gasteiger partial charge on any atom is 0.338 e. The molecule has 0 atom stereocenters. The number of rotatable bonds is 5. The van der Waals surface area contributed by atoms with Gasteiger partial charge in [-0.3, -0.25) is 4.79 Å². The van der Waals surface area contributed by atoms with Crippen LogP contribution in [0.4, 0.5) is 11.4 Å². The van der Waals surface area contributed by atoms with Crippen molar-refractivity contribution in [1.29, 1.82) is 0 Å². The minimum Gasteiger partial charge on any atom is -0.462 e. The highest BCUT2D eigenvalue weighted by Gasteiger charge is 2.18. The summed E-state index contributed by atoms with van der Waals surface area (Å²) in [7, 11) is 0. The quantitative estimate of drug-likeness (QED) is 0.808. The van der Waals surface area contributed by atoms with Crippen LogP contribution in [0.15, 0.2) is 42.6 Å². The Hall–Kier alpha value is -2.89. The molecule has 142 valence electrons. The molecule has 2 aromatic rings. The monoisotopic (exact) mass is 367 g/mol. The Labute approximate surface area is 159 Å². The number of likely N-dealkylation sites (tertiary alicyclic amines) is 1. The second-order valence-corrected chi connectivity index (χ2v) is 6.56. The zero-order valence-corrected chi connectivity index (χ0v) is 15.6. The number of nitrogens with zero attached hydrogens (tertiary/aromatic N) is 2. The first kappa shape index (κ1) is 18.9. The molecule has 1 aliphatic heterocycles. The van der Waals surface area contributed by atoms with Gasteiger partial charge in [-0.1, -0.05) is 12.8 Å². The van der Waals surface area contributed by atoms with Crippen molar-refractivity contribution in [2.24, 2.45) is 0 Å². The van der Waals surface area contributed by atoms with Gasteiger partial charge in [0.1, 0.15) is 5.69 Å². The molecular formula is C21H25N3O3. The number of hydrogen-bond donors (Lipinski definition) is 1. The fourth-order valence-corrected chi connectivity index (χ4v) is 3.10. The van der Waals surface area contributed by atoms with Crippen molar-refractivity contribution in [3.05, 3.63) is 53.9 Å². The van der Waals surface area contributed by atoms with Crippen LogP contribution in [0.1, 0.15) is 53.5 Å². The third-order valence-electron chi connectivity index (χ3n) is 4.56. The Morgan fingerprint density at radius 2 is 1.67 bits per heavy atom. The highest BCUT2D eigenvalue weighted by Crippen LogP contribution is 2.18. The smallest absolute Gasteiger partial charge is 0.338 e. The van der Waals surface area contributed by atoms with E-state index in [1.54, 1.807) is 31.3 Å². The van der Waals surface area contributed by atoms with Crippen molar-refractivity contribution < 1.29 is 14.3 Å². The molecule has 1 fully saturated rings. The van der Waals surface area contributed by atoms with Crippen LogP contribution in [0.3, 0.4) is 0 Å². The largest absolute Gasteiger partial charge is 0.462 e.